The minimum Gasteiger partial charge on any atom is -0.497 e. The SMILES string of the molecule is COc1ccc(N2CCN(C3NC(=O)CC(CSc4nnc(C)s4)N3)CC2)cc1. The zero-order valence-electron chi connectivity index (χ0n) is 16.6. The van der Waals surface area contributed by atoms with Crippen LogP contribution in [0.25, 0.3) is 0 Å². The van der Waals surface area contributed by atoms with Gasteiger partial charge >= 0.3 is 0 Å². The smallest absolute Gasteiger partial charge is 0.223 e. The van der Waals surface area contributed by atoms with Gasteiger partial charge in [-0.1, -0.05) is 23.1 Å². The average Bonchev–Trinajstić information content (AvgIpc) is 3.17. The lowest BCUT2D eigenvalue weighted by Crippen LogP contribution is -2.67. The summed E-state index contributed by atoms with van der Waals surface area (Å²) in [5.74, 6) is 1.78. The number of hydrogen-bond acceptors (Lipinski definition) is 9. The Morgan fingerprint density at radius 1 is 1.21 bits per heavy atom. The van der Waals surface area contributed by atoms with E-state index in [9.17, 15) is 4.79 Å². The number of thioether (sulfide) groups is 1. The lowest BCUT2D eigenvalue weighted by Gasteiger charge is -2.43. The fraction of sp³-hybridized carbons (Fsp3) is 0.526. The van der Waals surface area contributed by atoms with Crippen molar-refractivity contribution in [2.24, 2.45) is 0 Å². The van der Waals surface area contributed by atoms with Crippen molar-refractivity contribution in [2.75, 3.05) is 43.9 Å². The van der Waals surface area contributed by atoms with E-state index in [-0.39, 0.29) is 18.2 Å². The van der Waals surface area contributed by atoms with Gasteiger partial charge in [0.05, 0.1) is 7.11 Å². The van der Waals surface area contributed by atoms with E-state index in [1.165, 1.54) is 5.69 Å². The molecule has 156 valence electrons. The summed E-state index contributed by atoms with van der Waals surface area (Å²) in [5.41, 5.74) is 1.20. The first-order valence-electron chi connectivity index (χ1n) is 9.72. The van der Waals surface area contributed by atoms with Crippen LogP contribution in [0.2, 0.25) is 0 Å². The topological polar surface area (TPSA) is 82.6 Å². The summed E-state index contributed by atoms with van der Waals surface area (Å²) in [5, 5.41) is 15.9. The standard InChI is InChI=1S/C19H26N6O2S2/c1-13-22-23-19(29-13)28-12-14-11-17(26)21-18(20-14)25-9-7-24(8-10-25)15-3-5-16(27-2)6-4-15/h3-6,14,18,20H,7-12H2,1-2H3,(H,21,26). The number of rotatable bonds is 6. The third-order valence-corrected chi connectivity index (χ3v) is 7.29. The molecule has 2 N–H and O–H groups in total. The van der Waals surface area contributed by atoms with Gasteiger partial charge in [0.15, 0.2) is 4.34 Å². The van der Waals surface area contributed by atoms with Gasteiger partial charge < -0.3 is 15.0 Å². The number of nitrogens with zero attached hydrogens (tertiary/aromatic N) is 4. The number of nitrogens with one attached hydrogen (secondary N) is 2. The maximum Gasteiger partial charge on any atom is 0.223 e. The van der Waals surface area contributed by atoms with Crippen LogP contribution >= 0.6 is 23.1 Å². The molecule has 0 aliphatic carbocycles. The number of aryl methyl sites for hydroxylation is 1. The highest BCUT2D eigenvalue weighted by molar-refractivity contribution is 8.01. The molecule has 2 aliphatic rings. The molecule has 3 heterocycles. The second-order valence-corrected chi connectivity index (χ2v) is 9.61. The number of hydrogen-bond donors (Lipinski definition) is 2. The second-order valence-electron chi connectivity index (χ2n) is 7.16. The Balaban J connectivity index is 1.29. The Labute approximate surface area is 179 Å². The minimum atomic E-state index is -0.115. The second kappa shape index (κ2) is 9.29. The summed E-state index contributed by atoms with van der Waals surface area (Å²) in [6, 6.07) is 8.30. The molecule has 2 atom stereocenters. The van der Waals surface area contributed by atoms with Crippen molar-refractivity contribution >= 4 is 34.7 Å². The van der Waals surface area contributed by atoms with Gasteiger partial charge in [-0.2, -0.15) is 0 Å². The zero-order valence-corrected chi connectivity index (χ0v) is 18.3. The molecule has 2 saturated heterocycles. The molecule has 1 amide bonds. The van der Waals surface area contributed by atoms with Gasteiger partial charge in [0.2, 0.25) is 5.91 Å². The highest BCUT2D eigenvalue weighted by Gasteiger charge is 2.31. The molecule has 1 aromatic heterocycles. The van der Waals surface area contributed by atoms with E-state index >= 15 is 0 Å². The predicted octanol–water partition coefficient (Wildman–Crippen LogP) is 1.53. The highest BCUT2D eigenvalue weighted by Crippen LogP contribution is 2.24. The van der Waals surface area contributed by atoms with Crippen LogP contribution in [-0.2, 0) is 4.79 Å². The third kappa shape index (κ3) is 5.19. The van der Waals surface area contributed by atoms with Crippen LogP contribution in [0.5, 0.6) is 5.75 Å². The van der Waals surface area contributed by atoms with E-state index in [1.54, 1.807) is 30.2 Å². The summed E-state index contributed by atoms with van der Waals surface area (Å²) in [7, 11) is 1.68. The number of carbonyl (C=O) groups excluding carboxylic acids is 1. The molecular weight excluding hydrogens is 408 g/mol. The zero-order chi connectivity index (χ0) is 20.2. The molecule has 0 saturated carbocycles. The first kappa shape index (κ1) is 20.4. The number of ether oxygens (including phenoxy) is 1. The Bertz CT molecular complexity index is 822. The van der Waals surface area contributed by atoms with Crippen LogP contribution in [0.15, 0.2) is 28.6 Å². The predicted molar refractivity (Wildman–Crippen MR) is 116 cm³/mol. The lowest BCUT2D eigenvalue weighted by atomic mass is 10.1. The van der Waals surface area contributed by atoms with Gasteiger partial charge in [0.25, 0.3) is 0 Å². The fourth-order valence-corrected chi connectivity index (χ4v) is 5.48. The number of methoxy groups -OCH3 is 1. The number of benzene rings is 1. The van der Waals surface area contributed by atoms with E-state index in [4.69, 9.17) is 4.74 Å². The van der Waals surface area contributed by atoms with Crippen LogP contribution in [0, 0.1) is 6.92 Å². The Morgan fingerprint density at radius 2 is 1.97 bits per heavy atom. The number of carbonyl (C=O) groups is 1. The molecular formula is C19H26N6O2S2. The number of anilines is 1. The van der Waals surface area contributed by atoms with Crippen molar-refractivity contribution < 1.29 is 9.53 Å². The normalized spacial score (nSPS) is 23.1. The van der Waals surface area contributed by atoms with Gasteiger partial charge in [-0.25, -0.2) is 0 Å². The van der Waals surface area contributed by atoms with Crippen LogP contribution in [-0.4, -0.2) is 72.4 Å². The molecule has 2 aliphatic heterocycles. The van der Waals surface area contributed by atoms with Gasteiger partial charge in [0.1, 0.15) is 17.0 Å². The van der Waals surface area contributed by atoms with Gasteiger partial charge in [-0.3, -0.25) is 15.0 Å². The van der Waals surface area contributed by atoms with E-state index in [0.717, 1.165) is 47.0 Å². The van der Waals surface area contributed by atoms with Gasteiger partial charge in [-0.05, 0) is 31.2 Å². The minimum absolute atomic E-state index is 0.102. The molecule has 1 aromatic carbocycles. The van der Waals surface area contributed by atoms with Crippen molar-refractivity contribution in [3.05, 3.63) is 29.3 Å². The van der Waals surface area contributed by atoms with Crippen LogP contribution in [0.1, 0.15) is 11.4 Å². The highest BCUT2D eigenvalue weighted by atomic mass is 32.2. The number of piperazine rings is 1. The van der Waals surface area contributed by atoms with Gasteiger partial charge in [0, 0.05) is 50.1 Å². The molecule has 0 bridgehead atoms. The number of aromatic nitrogens is 2. The van der Waals surface area contributed by atoms with Crippen molar-refractivity contribution in [1.29, 1.82) is 0 Å². The maximum atomic E-state index is 12.3. The first-order chi connectivity index (χ1) is 14.1. The van der Waals surface area contributed by atoms with Crippen molar-refractivity contribution in [3.63, 3.8) is 0 Å². The Kier molecular flexibility index (Phi) is 6.53. The maximum absolute atomic E-state index is 12.3. The van der Waals surface area contributed by atoms with E-state index in [0.29, 0.717) is 6.42 Å². The lowest BCUT2D eigenvalue weighted by molar-refractivity contribution is -0.126. The molecule has 10 heteroatoms. The summed E-state index contributed by atoms with van der Waals surface area (Å²) in [6.07, 6.45) is 0.378. The molecule has 2 unspecified atom stereocenters. The average molecular weight is 435 g/mol. The Hall–Kier alpha value is -1.88. The molecule has 29 heavy (non-hydrogen) atoms. The molecule has 2 aromatic rings. The number of amides is 1. The fourth-order valence-electron chi connectivity index (χ4n) is 3.60. The van der Waals surface area contributed by atoms with E-state index in [2.05, 4.69) is 42.8 Å². The van der Waals surface area contributed by atoms with E-state index < -0.39 is 0 Å². The third-order valence-electron chi connectivity index (χ3n) is 5.16. The van der Waals surface area contributed by atoms with Crippen LogP contribution < -0.4 is 20.3 Å². The molecule has 4 rings (SSSR count). The quantitative estimate of drug-likeness (QED) is 0.663. The molecule has 8 nitrogen and oxygen atoms in total. The Morgan fingerprint density at radius 3 is 2.62 bits per heavy atom. The summed E-state index contributed by atoms with van der Waals surface area (Å²) in [6.45, 7) is 5.57. The largest absolute Gasteiger partial charge is 0.497 e. The van der Waals surface area contributed by atoms with Crippen LogP contribution in [0.3, 0.4) is 0 Å². The molecule has 2 fully saturated rings. The summed E-state index contributed by atoms with van der Waals surface area (Å²) >= 11 is 3.26. The summed E-state index contributed by atoms with van der Waals surface area (Å²) < 4.78 is 6.20. The van der Waals surface area contributed by atoms with Crippen LogP contribution in [0.4, 0.5) is 5.69 Å². The monoisotopic (exact) mass is 434 g/mol. The van der Waals surface area contributed by atoms with Crippen molar-refractivity contribution in [1.82, 2.24) is 25.7 Å². The summed E-state index contributed by atoms with van der Waals surface area (Å²) in [4.78, 5) is 16.9. The van der Waals surface area contributed by atoms with E-state index in [1.807, 2.05) is 19.1 Å². The molecule has 0 spiro atoms. The van der Waals surface area contributed by atoms with Crippen molar-refractivity contribution in [2.45, 2.75) is 30.0 Å². The molecule has 0 radical (unpaired) electrons. The van der Waals surface area contributed by atoms with Crippen molar-refractivity contribution in [3.8, 4) is 5.75 Å². The first-order valence-corrected chi connectivity index (χ1v) is 11.5. The van der Waals surface area contributed by atoms with Gasteiger partial charge in [-0.15, -0.1) is 10.2 Å².